The van der Waals surface area contributed by atoms with Crippen LogP contribution in [0.3, 0.4) is 0 Å². The summed E-state index contributed by atoms with van der Waals surface area (Å²) in [4.78, 5) is 14.7. The molecule has 3 aromatic rings. The third-order valence-corrected chi connectivity index (χ3v) is 4.67. The second kappa shape index (κ2) is 7.27. The molecule has 2 aromatic carbocycles. The summed E-state index contributed by atoms with van der Waals surface area (Å²) in [5.41, 5.74) is 3.35. The van der Waals surface area contributed by atoms with Crippen molar-refractivity contribution >= 4 is 11.6 Å². The lowest BCUT2D eigenvalue weighted by atomic mass is 9.99. The molecular formula is C22H20FNO3. The predicted molar refractivity (Wildman–Crippen MR) is 101 cm³/mol. The van der Waals surface area contributed by atoms with Gasteiger partial charge in [-0.15, -0.1) is 0 Å². The van der Waals surface area contributed by atoms with Gasteiger partial charge in [-0.3, -0.25) is 4.79 Å². The Bertz CT molecular complexity index is 962. The van der Waals surface area contributed by atoms with Gasteiger partial charge < -0.3 is 14.1 Å². The van der Waals surface area contributed by atoms with Crippen LogP contribution in [0.5, 0.6) is 5.75 Å². The van der Waals surface area contributed by atoms with E-state index in [-0.39, 0.29) is 18.3 Å². The monoisotopic (exact) mass is 365 g/mol. The number of benzene rings is 2. The highest BCUT2D eigenvalue weighted by atomic mass is 19.1. The van der Waals surface area contributed by atoms with Gasteiger partial charge in [0.15, 0.2) is 5.76 Å². The molecule has 0 aliphatic carbocycles. The minimum atomic E-state index is -0.315. The fraction of sp³-hybridized carbons (Fsp3) is 0.227. The van der Waals surface area contributed by atoms with Crippen LogP contribution in [0, 0.1) is 12.7 Å². The quantitative estimate of drug-likeness (QED) is 0.660. The maximum Gasteiger partial charge on any atom is 0.293 e. The lowest BCUT2D eigenvalue weighted by Gasteiger charge is -2.29. The first-order valence-electron chi connectivity index (χ1n) is 8.98. The number of aryl methyl sites for hydroxylation is 2. The molecule has 1 aliphatic heterocycles. The Morgan fingerprint density at radius 3 is 2.78 bits per heavy atom. The van der Waals surface area contributed by atoms with Crippen LogP contribution in [0.15, 0.2) is 59.0 Å². The van der Waals surface area contributed by atoms with Crippen molar-refractivity contribution in [2.24, 2.45) is 0 Å². The highest BCUT2D eigenvalue weighted by Crippen LogP contribution is 2.29. The summed E-state index contributed by atoms with van der Waals surface area (Å²) in [6.45, 7) is 2.91. The first-order chi connectivity index (χ1) is 13.1. The van der Waals surface area contributed by atoms with Crippen LogP contribution in [0.25, 0.3) is 0 Å². The van der Waals surface area contributed by atoms with Crippen molar-refractivity contribution in [2.75, 3.05) is 11.4 Å². The number of nitrogens with zero attached hydrogens (tertiary/aromatic N) is 1. The normalized spacial score (nSPS) is 13.3. The van der Waals surface area contributed by atoms with Gasteiger partial charge in [-0.25, -0.2) is 4.39 Å². The molecule has 1 aliphatic rings. The van der Waals surface area contributed by atoms with Crippen molar-refractivity contribution in [2.45, 2.75) is 26.4 Å². The van der Waals surface area contributed by atoms with E-state index in [0.29, 0.717) is 23.8 Å². The van der Waals surface area contributed by atoms with Crippen LogP contribution < -0.4 is 9.64 Å². The summed E-state index contributed by atoms with van der Waals surface area (Å²) in [5, 5.41) is 0. The summed E-state index contributed by atoms with van der Waals surface area (Å²) in [6.07, 6.45) is 1.92. The SMILES string of the molecule is Cc1ccc2c(c1)CCCN2C(=O)c1ccc(COc2ccc(F)cc2)o1. The van der Waals surface area contributed by atoms with Crippen molar-refractivity contribution in [1.82, 2.24) is 0 Å². The summed E-state index contributed by atoms with van der Waals surface area (Å²) < 4.78 is 24.2. The number of furan rings is 1. The number of halogens is 1. The number of rotatable bonds is 4. The number of hydrogen-bond acceptors (Lipinski definition) is 3. The van der Waals surface area contributed by atoms with Gasteiger partial charge in [0.25, 0.3) is 5.91 Å². The lowest BCUT2D eigenvalue weighted by Crippen LogP contribution is -2.35. The van der Waals surface area contributed by atoms with E-state index in [1.807, 2.05) is 12.1 Å². The van der Waals surface area contributed by atoms with Crippen molar-refractivity contribution < 1.29 is 18.3 Å². The van der Waals surface area contributed by atoms with Gasteiger partial charge in [0, 0.05) is 12.2 Å². The first-order valence-corrected chi connectivity index (χ1v) is 8.98. The van der Waals surface area contributed by atoms with E-state index in [1.54, 1.807) is 29.2 Å². The van der Waals surface area contributed by atoms with Crippen LogP contribution in [0.4, 0.5) is 10.1 Å². The summed E-state index contributed by atoms with van der Waals surface area (Å²) >= 11 is 0. The van der Waals surface area contributed by atoms with E-state index in [0.717, 1.165) is 18.5 Å². The average Bonchev–Trinajstić information content (AvgIpc) is 3.15. The Hall–Kier alpha value is -3.08. The fourth-order valence-corrected chi connectivity index (χ4v) is 3.33. The van der Waals surface area contributed by atoms with Gasteiger partial charge in [0.05, 0.1) is 0 Å². The van der Waals surface area contributed by atoms with Crippen LogP contribution in [-0.2, 0) is 13.0 Å². The van der Waals surface area contributed by atoms with E-state index in [2.05, 4.69) is 13.0 Å². The summed E-state index contributed by atoms with van der Waals surface area (Å²) in [6, 6.07) is 15.3. The van der Waals surface area contributed by atoms with Crippen molar-refractivity contribution in [3.8, 4) is 5.75 Å². The molecule has 0 saturated heterocycles. The van der Waals surface area contributed by atoms with Crippen molar-refractivity contribution in [3.05, 3.63) is 83.1 Å². The van der Waals surface area contributed by atoms with E-state index in [9.17, 15) is 9.18 Å². The van der Waals surface area contributed by atoms with E-state index < -0.39 is 0 Å². The van der Waals surface area contributed by atoms with Crippen LogP contribution in [-0.4, -0.2) is 12.5 Å². The fourth-order valence-electron chi connectivity index (χ4n) is 3.33. The Kier molecular flexibility index (Phi) is 4.67. The molecular weight excluding hydrogens is 345 g/mol. The summed E-state index contributed by atoms with van der Waals surface area (Å²) in [5.74, 6) is 0.920. The third-order valence-electron chi connectivity index (χ3n) is 4.67. The van der Waals surface area contributed by atoms with Gasteiger partial charge in [-0.05, 0) is 67.8 Å². The molecule has 0 saturated carbocycles. The van der Waals surface area contributed by atoms with Gasteiger partial charge in [-0.1, -0.05) is 17.7 Å². The van der Waals surface area contributed by atoms with E-state index >= 15 is 0 Å². The molecule has 1 aromatic heterocycles. The molecule has 2 heterocycles. The highest BCUT2D eigenvalue weighted by molar-refractivity contribution is 6.05. The number of amides is 1. The van der Waals surface area contributed by atoms with E-state index in [1.165, 1.54) is 23.3 Å². The minimum Gasteiger partial charge on any atom is -0.486 e. The number of anilines is 1. The Balaban J connectivity index is 1.47. The standard InChI is InChI=1S/C22H20FNO3/c1-15-4-10-20-16(13-15)3-2-12-24(20)22(25)21-11-9-19(27-21)14-26-18-7-5-17(23)6-8-18/h4-11,13H,2-3,12,14H2,1H3. The van der Waals surface area contributed by atoms with Gasteiger partial charge in [0.1, 0.15) is 23.9 Å². The molecule has 0 bridgehead atoms. The number of carbonyl (C=O) groups excluding carboxylic acids is 1. The predicted octanol–water partition coefficient (Wildman–Crippen LogP) is 4.90. The van der Waals surface area contributed by atoms with Crippen LogP contribution in [0.1, 0.15) is 33.9 Å². The zero-order valence-corrected chi connectivity index (χ0v) is 15.1. The molecule has 0 N–H and O–H groups in total. The van der Waals surface area contributed by atoms with Crippen molar-refractivity contribution in [3.63, 3.8) is 0 Å². The molecule has 0 atom stereocenters. The zero-order chi connectivity index (χ0) is 18.8. The van der Waals surface area contributed by atoms with Gasteiger partial charge >= 0.3 is 0 Å². The molecule has 138 valence electrons. The lowest BCUT2D eigenvalue weighted by molar-refractivity contribution is 0.0954. The highest BCUT2D eigenvalue weighted by Gasteiger charge is 2.25. The van der Waals surface area contributed by atoms with Gasteiger partial charge in [-0.2, -0.15) is 0 Å². The number of fused-ring (bicyclic) bond motifs is 1. The summed E-state index contributed by atoms with van der Waals surface area (Å²) in [7, 11) is 0. The first kappa shape index (κ1) is 17.3. The maximum atomic E-state index is 12.9. The molecule has 27 heavy (non-hydrogen) atoms. The zero-order valence-electron chi connectivity index (χ0n) is 15.1. The van der Waals surface area contributed by atoms with Gasteiger partial charge in [0.2, 0.25) is 0 Å². The second-order valence-corrected chi connectivity index (χ2v) is 6.70. The smallest absolute Gasteiger partial charge is 0.293 e. The largest absolute Gasteiger partial charge is 0.486 e. The number of carbonyl (C=O) groups is 1. The number of ether oxygens (including phenoxy) is 1. The Morgan fingerprint density at radius 2 is 1.96 bits per heavy atom. The Labute approximate surface area is 157 Å². The molecule has 1 amide bonds. The maximum absolute atomic E-state index is 12.9. The van der Waals surface area contributed by atoms with Crippen LogP contribution in [0.2, 0.25) is 0 Å². The minimum absolute atomic E-state index is 0.146. The molecule has 0 radical (unpaired) electrons. The molecule has 4 rings (SSSR count). The number of hydrogen-bond donors (Lipinski definition) is 0. The van der Waals surface area contributed by atoms with E-state index in [4.69, 9.17) is 9.15 Å². The molecule has 0 fully saturated rings. The van der Waals surface area contributed by atoms with Crippen LogP contribution >= 0.6 is 0 Å². The second-order valence-electron chi connectivity index (χ2n) is 6.70. The molecule has 0 unspecified atom stereocenters. The molecule has 4 nitrogen and oxygen atoms in total. The average molecular weight is 365 g/mol. The van der Waals surface area contributed by atoms with Crippen molar-refractivity contribution in [1.29, 1.82) is 0 Å². The Morgan fingerprint density at radius 1 is 1.15 bits per heavy atom. The topological polar surface area (TPSA) is 42.7 Å². The third kappa shape index (κ3) is 3.72. The molecule has 5 heteroatoms. The molecule has 0 spiro atoms.